The van der Waals surface area contributed by atoms with Crippen molar-refractivity contribution < 1.29 is 18.3 Å². The lowest BCUT2D eigenvalue weighted by atomic mass is 9.98. The fourth-order valence-electron chi connectivity index (χ4n) is 4.61. The van der Waals surface area contributed by atoms with Crippen LogP contribution < -0.4 is 11.1 Å². The van der Waals surface area contributed by atoms with Crippen LogP contribution in [0.4, 0.5) is 5.69 Å². The van der Waals surface area contributed by atoms with Crippen molar-refractivity contribution in [3.05, 3.63) is 72.3 Å². The molecule has 0 heterocycles. The molecule has 0 radical (unpaired) electrons. The van der Waals surface area contributed by atoms with E-state index >= 15 is 0 Å². The summed E-state index contributed by atoms with van der Waals surface area (Å²) < 4.78 is 28.2. The molecule has 4 N–H and O–H groups in total. The number of sulfonamides is 1. The molecule has 0 spiro atoms. The van der Waals surface area contributed by atoms with Crippen molar-refractivity contribution in [1.82, 2.24) is 9.62 Å². The van der Waals surface area contributed by atoms with Crippen LogP contribution in [-0.2, 0) is 21.2 Å². The Balaban J connectivity index is 1.51. The first kappa shape index (κ1) is 29.6. The number of nitrogens with one attached hydrogen (secondary N) is 1. The molecule has 0 bridgehead atoms. The summed E-state index contributed by atoms with van der Waals surface area (Å²) in [5, 5.41) is 15.5. The highest BCUT2D eigenvalue weighted by Gasteiger charge is 2.31. The largest absolute Gasteiger partial charge is 0.399 e. The number of fused-ring (bicyclic) bond motifs is 1. The third-order valence-electron chi connectivity index (χ3n) is 6.72. The average molecular weight is 540 g/mol. The normalized spacial score (nSPS) is 13.6. The molecule has 0 aliphatic rings. The van der Waals surface area contributed by atoms with Crippen LogP contribution in [-0.4, -0.2) is 49.5 Å². The Morgan fingerprint density at radius 2 is 1.66 bits per heavy atom. The molecule has 3 aromatic carbocycles. The zero-order valence-corrected chi connectivity index (χ0v) is 23.5. The predicted molar refractivity (Wildman–Crippen MR) is 154 cm³/mol. The van der Waals surface area contributed by atoms with Gasteiger partial charge in [-0.25, -0.2) is 8.42 Å². The van der Waals surface area contributed by atoms with Crippen molar-refractivity contribution in [3.63, 3.8) is 0 Å². The van der Waals surface area contributed by atoms with Crippen molar-refractivity contribution in [2.24, 2.45) is 11.8 Å². The van der Waals surface area contributed by atoms with Crippen LogP contribution in [0.1, 0.15) is 45.6 Å². The molecule has 3 rings (SSSR count). The van der Waals surface area contributed by atoms with Gasteiger partial charge in [0.2, 0.25) is 15.9 Å². The third-order valence-corrected chi connectivity index (χ3v) is 8.65. The molecule has 206 valence electrons. The number of unbranched alkanes of at least 4 members (excludes halogenated alkanes) is 1. The molecule has 0 aliphatic heterocycles. The fraction of sp³-hybridized carbons (Fsp3) is 0.433. The first-order valence-corrected chi connectivity index (χ1v) is 14.8. The minimum Gasteiger partial charge on any atom is -0.399 e. The van der Waals surface area contributed by atoms with Crippen molar-refractivity contribution >= 4 is 32.4 Å². The van der Waals surface area contributed by atoms with Gasteiger partial charge in [0.1, 0.15) is 0 Å². The number of hydrogen-bond donors (Lipinski definition) is 3. The quantitative estimate of drug-likeness (QED) is 0.205. The van der Waals surface area contributed by atoms with E-state index in [4.69, 9.17) is 5.73 Å². The fourth-order valence-corrected chi connectivity index (χ4v) is 6.42. The van der Waals surface area contributed by atoms with Crippen LogP contribution in [0.15, 0.2) is 71.6 Å². The van der Waals surface area contributed by atoms with Gasteiger partial charge in [-0.2, -0.15) is 4.31 Å². The number of amides is 1. The van der Waals surface area contributed by atoms with E-state index in [-0.39, 0.29) is 29.2 Å². The summed E-state index contributed by atoms with van der Waals surface area (Å²) in [4.78, 5) is 12.8. The van der Waals surface area contributed by atoms with Crippen molar-refractivity contribution in [2.45, 2.75) is 57.4 Å². The first-order valence-electron chi connectivity index (χ1n) is 13.4. The van der Waals surface area contributed by atoms with Crippen LogP contribution in [0.5, 0.6) is 0 Å². The van der Waals surface area contributed by atoms with Gasteiger partial charge < -0.3 is 16.2 Å². The zero-order chi connectivity index (χ0) is 27.7. The average Bonchev–Trinajstić information content (AvgIpc) is 2.89. The van der Waals surface area contributed by atoms with Crippen molar-refractivity contribution in [1.29, 1.82) is 0 Å². The van der Waals surface area contributed by atoms with E-state index < -0.39 is 16.1 Å². The maximum Gasteiger partial charge on any atom is 0.243 e. The molecular weight excluding hydrogens is 498 g/mol. The van der Waals surface area contributed by atoms with Gasteiger partial charge in [-0.05, 0) is 65.8 Å². The van der Waals surface area contributed by atoms with Crippen LogP contribution in [0, 0.1) is 11.8 Å². The number of aliphatic hydroxyl groups is 1. The second-order valence-electron chi connectivity index (χ2n) is 10.4. The van der Waals surface area contributed by atoms with Gasteiger partial charge in [0.05, 0.1) is 11.5 Å². The van der Waals surface area contributed by atoms with Gasteiger partial charge >= 0.3 is 0 Å². The first-order chi connectivity index (χ1) is 18.1. The summed E-state index contributed by atoms with van der Waals surface area (Å²) >= 11 is 0. The maximum absolute atomic E-state index is 13.4. The molecule has 0 unspecified atom stereocenters. The minimum atomic E-state index is -3.79. The van der Waals surface area contributed by atoms with Crippen LogP contribution >= 0.6 is 0 Å². The Labute approximate surface area is 227 Å². The number of anilines is 1. The molecule has 0 fully saturated rings. The number of carbonyl (C=O) groups excluding carboxylic acids is 1. The van der Waals surface area contributed by atoms with E-state index in [0.717, 1.165) is 5.56 Å². The zero-order valence-electron chi connectivity index (χ0n) is 22.6. The van der Waals surface area contributed by atoms with E-state index in [9.17, 15) is 18.3 Å². The molecule has 1 amide bonds. The topological polar surface area (TPSA) is 113 Å². The molecular formula is C30H41N3O4S. The molecule has 0 saturated heterocycles. The summed E-state index contributed by atoms with van der Waals surface area (Å²) in [6.45, 7) is 6.38. The summed E-state index contributed by atoms with van der Waals surface area (Å²) in [5.74, 6) is -0.0619. The smallest absolute Gasteiger partial charge is 0.243 e. The molecule has 7 nitrogen and oxygen atoms in total. The van der Waals surface area contributed by atoms with E-state index in [1.807, 2.05) is 32.9 Å². The van der Waals surface area contributed by atoms with Gasteiger partial charge in [-0.15, -0.1) is 0 Å². The highest BCUT2D eigenvalue weighted by Crippen LogP contribution is 2.23. The number of carbonyl (C=O) groups is 1. The summed E-state index contributed by atoms with van der Waals surface area (Å²) in [5.41, 5.74) is 7.35. The number of aliphatic hydroxyl groups excluding tert-OH is 1. The van der Waals surface area contributed by atoms with Gasteiger partial charge in [0, 0.05) is 30.7 Å². The van der Waals surface area contributed by atoms with Crippen LogP contribution in [0.3, 0.4) is 0 Å². The second kappa shape index (κ2) is 13.7. The Morgan fingerprint density at radius 1 is 0.974 bits per heavy atom. The van der Waals surface area contributed by atoms with Crippen molar-refractivity contribution in [2.75, 3.05) is 25.4 Å². The lowest BCUT2D eigenvalue weighted by molar-refractivity contribution is -0.124. The summed E-state index contributed by atoms with van der Waals surface area (Å²) in [7, 11) is -3.79. The molecule has 8 heteroatoms. The van der Waals surface area contributed by atoms with E-state index in [0.29, 0.717) is 44.5 Å². The number of rotatable bonds is 14. The number of hydrogen-bond acceptors (Lipinski definition) is 5. The Hall–Kier alpha value is -2.94. The van der Waals surface area contributed by atoms with E-state index in [1.54, 1.807) is 12.1 Å². The second-order valence-corrected chi connectivity index (χ2v) is 12.3. The summed E-state index contributed by atoms with van der Waals surface area (Å²) in [6, 6.07) is 20.1. The summed E-state index contributed by atoms with van der Waals surface area (Å²) in [6.07, 6.45) is 2.54. The molecule has 38 heavy (non-hydrogen) atoms. The molecule has 3 aromatic rings. The maximum atomic E-state index is 13.4. The highest BCUT2D eigenvalue weighted by atomic mass is 32.2. The Kier molecular flexibility index (Phi) is 10.7. The lowest BCUT2D eigenvalue weighted by Crippen LogP contribution is -2.44. The van der Waals surface area contributed by atoms with Gasteiger partial charge in [-0.1, -0.05) is 69.7 Å². The highest BCUT2D eigenvalue weighted by molar-refractivity contribution is 7.89. The van der Waals surface area contributed by atoms with E-state index in [2.05, 4.69) is 35.6 Å². The molecule has 0 aromatic heterocycles. The molecule has 2 atom stereocenters. The van der Waals surface area contributed by atoms with Gasteiger partial charge in [0.15, 0.2) is 0 Å². The van der Waals surface area contributed by atoms with Gasteiger partial charge in [0.25, 0.3) is 0 Å². The van der Waals surface area contributed by atoms with Crippen molar-refractivity contribution in [3.8, 4) is 0 Å². The predicted octanol–water partition coefficient (Wildman–Crippen LogP) is 4.59. The number of nitrogens with two attached hydrogens (primary N) is 1. The molecule has 0 saturated carbocycles. The van der Waals surface area contributed by atoms with Gasteiger partial charge in [-0.3, -0.25) is 4.79 Å². The van der Waals surface area contributed by atoms with Crippen LogP contribution in [0.2, 0.25) is 0 Å². The number of nitrogens with zero attached hydrogens (tertiary/aromatic N) is 1. The Bertz CT molecular complexity index is 1290. The van der Waals surface area contributed by atoms with Crippen LogP contribution in [0.25, 0.3) is 10.8 Å². The lowest BCUT2D eigenvalue weighted by Gasteiger charge is -2.31. The van der Waals surface area contributed by atoms with E-state index in [1.165, 1.54) is 27.2 Å². The standard InChI is InChI=1S/C30H41N3O4S/c1-22(2)20-33(38(36,37)29-15-13-27(31)14-16-29)28(21-34)10-6-7-17-32-30(35)23(3)18-24-11-12-25-8-4-5-9-26(25)19-24/h4-5,8-9,11-16,19,22-23,28,34H,6-7,10,17-18,20-21,31H2,1-3H3,(H,32,35)/t23-,28-/m0/s1. The number of benzene rings is 3. The minimum absolute atomic E-state index is 0.00392. The Morgan fingerprint density at radius 3 is 2.32 bits per heavy atom. The number of nitrogen functional groups attached to an aromatic ring is 1. The SMILES string of the molecule is CC(C)CN([C@H](CO)CCCCNC(=O)[C@@H](C)Cc1ccc2ccccc2c1)S(=O)(=O)c1ccc(N)cc1. The molecule has 0 aliphatic carbocycles. The monoisotopic (exact) mass is 539 g/mol. The third kappa shape index (κ3) is 8.03.